The quantitative estimate of drug-likeness (QED) is 0.661. The van der Waals surface area contributed by atoms with E-state index in [4.69, 9.17) is 9.47 Å². The van der Waals surface area contributed by atoms with Crippen LogP contribution >= 0.6 is 11.3 Å². The van der Waals surface area contributed by atoms with Crippen molar-refractivity contribution in [2.45, 2.75) is 6.04 Å². The summed E-state index contributed by atoms with van der Waals surface area (Å²) in [5.41, 5.74) is 0. The van der Waals surface area contributed by atoms with E-state index >= 15 is 0 Å². The molecule has 29 heavy (non-hydrogen) atoms. The number of thiophene rings is 1. The van der Waals surface area contributed by atoms with Crippen LogP contribution in [0.5, 0.6) is 5.75 Å². The zero-order valence-electron chi connectivity index (χ0n) is 16.2. The molecule has 0 aliphatic carbocycles. The summed E-state index contributed by atoms with van der Waals surface area (Å²) in [6, 6.07) is 10.1. The van der Waals surface area contributed by atoms with Crippen molar-refractivity contribution in [1.29, 1.82) is 0 Å². The van der Waals surface area contributed by atoms with E-state index in [-0.39, 0.29) is 17.9 Å². The number of amides is 1. The second kappa shape index (κ2) is 7.61. The predicted octanol–water partition coefficient (Wildman–Crippen LogP) is 2.68. The molecule has 0 N–H and O–H groups in total. The molecule has 2 aliphatic rings. The molecular weight excluding hydrogens is 388 g/mol. The lowest BCUT2D eigenvalue weighted by Gasteiger charge is -2.31. The molecule has 1 amide bonds. The zero-order valence-corrected chi connectivity index (χ0v) is 17.0. The maximum absolute atomic E-state index is 13.4. The van der Waals surface area contributed by atoms with E-state index in [1.165, 1.54) is 0 Å². The molecule has 8 heteroatoms. The molecule has 0 spiro atoms. The van der Waals surface area contributed by atoms with E-state index in [1.54, 1.807) is 30.8 Å². The molecule has 7 nitrogen and oxygen atoms in total. The number of carbonyl (C=O) groups is 1. The first-order chi connectivity index (χ1) is 14.2. The number of ether oxygens (including phenoxy) is 2. The summed E-state index contributed by atoms with van der Waals surface area (Å²) in [7, 11) is 1.60. The maximum Gasteiger partial charge on any atom is 0.264 e. The molecule has 2 bridgehead atoms. The maximum atomic E-state index is 13.4. The standard InChI is InChI=1S/C21H22N4O3S/c1-27-17-7-22-21(23-8-17)24-9-14-10-25(16(11-24)13-28-12-14)20(26)19-6-15-4-2-3-5-18(15)29-19/h2-8,14,16H,9-13H2,1H3/t14-,16-/m0/s1. The number of carbonyl (C=O) groups excluding carboxylic acids is 1. The highest BCUT2D eigenvalue weighted by atomic mass is 32.1. The third-order valence-electron chi connectivity index (χ3n) is 5.50. The zero-order chi connectivity index (χ0) is 19.8. The van der Waals surface area contributed by atoms with Crippen LogP contribution in [-0.2, 0) is 4.74 Å². The first kappa shape index (κ1) is 18.3. The van der Waals surface area contributed by atoms with Crippen LogP contribution in [-0.4, -0.2) is 66.8 Å². The summed E-state index contributed by atoms with van der Waals surface area (Å²) in [6.07, 6.45) is 3.36. The number of hydrogen-bond donors (Lipinski definition) is 0. The Morgan fingerprint density at radius 1 is 1.17 bits per heavy atom. The van der Waals surface area contributed by atoms with E-state index in [0.717, 1.165) is 21.5 Å². The average Bonchev–Trinajstić information content (AvgIpc) is 2.96. The van der Waals surface area contributed by atoms with Crippen molar-refractivity contribution in [3.05, 3.63) is 47.6 Å². The number of rotatable bonds is 3. The summed E-state index contributed by atoms with van der Waals surface area (Å²) >= 11 is 1.56. The minimum Gasteiger partial charge on any atom is -0.494 e. The van der Waals surface area contributed by atoms with Gasteiger partial charge in [-0.05, 0) is 17.5 Å². The van der Waals surface area contributed by atoms with Gasteiger partial charge in [0.05, 0.1) is 43.6 Å². The highest BCUT2D eigenvalue weighted by molar-refractivity contribution is 7.20. The van der Waals surface area contributed by atoms with Crippen molar-refractivity contribution in [1.82, 2.24) is 14.9 Å². The Kier molecular flexibility index (Phi) is 4.81. The van der Waals surface area contributed by atoms with Gasteiger partial charge in [0, 0.05) is 30.3 Å². The third-order valence-corrected chi connectivity index (χ3v) is 6.60. The van der Waals surface area contributed by atoms with Gasteiger partial charge in [-0.1, -0.05) is 18.2 Å². The van der Waals surface area contributed by atoms with Crippen LogP contribution < -0.4 is 9.64 Å². The fourth-order valence-corrected chi connectivity index (χ4v) is 5.08. The average molecular weight is 410 g/mol. The van der Waals surface area contributed by atoms with E-state index < -0.39 is 0 Å². The van der Waals surface area contributed by atoms with Crippen molar-refractivity contribution in [3.8, 4) is 5.75 Å². The lowest BCUT2D eigenvalue weighted by Crippen LogP contribution is -2.46. The molecular formula is C21H22N4O3S. The van der Waals surface area contributed by atoms with Crippen molar-refractivity contribution in [2.75, 3.05) is 44.9 Å². The van der Waals surface area contributed by atoms with E-state index in [1.807, 2.05) is 23.1 Å². The number of benzene rings is 1. The van der Waals surface area contributed by atoms with Gasteiger partial charge in [0.1, 0.15) is 0 Å². The van der Waals surface area contributed by atoms with Crippen molar-refractivity contribution < 1.29 is 14.3 Å². The predicted molar refractivity (Wildman–Crippen MR) is 112 cm³/mol. The Balaban J connectivity index is 1.42. The molecule has 0 unspecified atom stereocenters. The third kappa shape index (κ3) is 3.54. The first-order valence-corrected chi connectivity index (χ1v) is 10.5. The minimum absolute atomic E-state index is 0.0362. The van der Waals surface area contributed by atoms with Gasteiger partial charge < -0.3 is 19.3 Å². The summed E-state index contributed by atoms with van der Waals surface area (Å²) in [5.74, 6) is 1.60. The Hall–Kier alpha value is -2.71. The van der Waals surface area contributed by atoms with Crippen LogP contribution in [0.1, 0.15) is 9.67 Å². The second-order valence-electron chi connectivity index (χ2n) is 7.49. The second-order valence-corrected chi connectivity index (χ2v) is 8.57. The van der Waals surface area contributed by atoms with Crippen LogP contribution in [0, 0.1) is 5.92 Å². The van der Waals surface area contributed by atoms with E-state index in [2.05, 4.69) is 27.0 Å². The van der Waals surface area contributed by atoms with Gasteiger partial charge in [-0.3, -0.25) is 4.79 Å². The van der Waals surface area contributed by atoms with Gasteiger partial charge in [0.2, 0.25) is 5.95 Å². The largest absolute Gasteiger partial charge is 0.494 e. The van der Waals surface area contributed by atoms with Crippen LogP contribution in [0.2, 0.25) is 0 Å². The molecule has 1 aromatic carbocycles. The molecule has 2 atom stereocenters. The molecule has 0 saturated carbocycles. The Labute approximate surface area is 172 Å². The van der Waals surface area contributed by atoms with Gasteiger partial charge in [-0.15, -0.1) is 11.3 Å². The molecule has 2 aromatic heterocycles. The Morgan fingerprint density at radius 3 is 2.79 bits per heavy atom. The molecule has 150 valence electrons. The molecule has 2 aliphatic heterocycles. The Bertz CT molecular complexity index is 989. The number of methoxy groups -OCH3 is 1. The minimum atomic E-state index is -0.0362. The lowest BCUT2D eigenvalue weighted by atomic mass is 10.1. The molecule has 0 radical (unpaired) electrons. The van der Waals surface area contributed by atoms with Crippen molar-refractivity contribution in [3.63, 3.8) is 0 Å². The van der Waals surface area contributed by atoms with Gasteiger partial charge in [-0.2, -0.15) is 0 Å². The highest BCUT2D eigenvalue weighted by Crippen LogP contribution is 2.29. The first-order valence-electron chi connectivity index (χ1n) is 9.69. The monoisotopic (exact) mass is 410 g/mol. The number of anilines is 1. The molecule has 5 rings (SSSR count). The lowest BCUT2D eigenvalue weighted by molar-refractivity contribution is 0.0616. The number of hydrogen-bond acceptors (Lipinski definition) is 7. The van der Waals surface area contributed by atoms with E-state index in [9.17, 15) is 4.79 Å². The van der Waals surface area contributed by atoms with Gasteiger partial charge >= 0.3 is 0 Å². The molecule has 3 aromatic rings. The van der Waals surface area contributed by atoms with Gasteiger partial charge in [0.15, 0.2) is 5.75 Å². The number of nitrogens with zero attached hydrogens (tertiary/aromatic N) is 4. The molecule has 4 heterocycles. The van der Waals surface area contributed by atoms with Crippen molar-refractivity contribution in [2.24, 2.45) is 5.92 Å². The van der Waals surface area contributed by atoms with Crippen LogP contribution in [0.4, 0.5) is 5.95 Å². The topological polar surface area (TPSA) is 67.8 Å². The summed E-state index contributed by atoms with van der Waals surface area (Å²) < 4.78 is 12.2. The summed E-state index contributed by atoms with van der Waals surface area (Å²) in [4.78, 5) is 27.2. The van der Waals surface area contributed by atoms with E-state index in [0.29, 0.717) is 38.0 Å². The number of aromatic nitrogens is 2. The molecule has 2 saturated heterocycles. The highest BCUT2D eigenvalue weighted by Gasteiger charge is 2.37. The number of fused-ring (bicyclic) bond motifs is 4. The Morgan fingerprint density at radius 2 is 2.00 bits per heavy atom. The van der Waals surface area contributed by atoms with Crippen LogP contribution in [0.15, 0.2) is 42.7 Å². The summed E-state index contributed by atoms with van der Waals surface area (Å²) in [6.45, 7) is 3.27. The van der Waals surface area contributed by atoms with Crippen LogP contribution in [0.25, 0.3) is 10.1 Å². The normalized spacial score (nSPS) is 21.8. The fourth-order valence-electron chi connectivity index (χ4n) is 4.06. The smallest absolute Gasteiger partial charge is 0.264 e. The summed E-state index contributed by atoms with van der Waals surface area (Å²) in [5, 5.41) is 1.11. The SMILES string of the molecule is COc1cnc(N2C[C@@H]3COC[C@H](C2)N(C(=O)c2cc4ccccc4s2)C3)nc1. The van der Waals surface area contributed by atoms with Gasteiger partial charge in [-0.25, -0.2) is 9.97 Å². The fraction of sp³-hybridized carbons (Fsp3) is 0.381. The van der Waals surface area contributed by atoms with Gasteiger partial charge in [0.25, 0.3) is 5.91 Å². The molecule has 2 fully saturated rings. The van der Waals surface area contributed by atoms with Crippen molar-refractivity contribution >= 4 is 33.3 Å². The van der Waals surface area contributed by atoms with Crippen LogP contribution in [0.3, 0.4) is 0 Å².